The lowest BCUT2D eigenvalue weighted by Crippen LogP contribution is -2.46. The van der Waals surface area contributed by atoms with E-state index in [0.29, 0.717) is 5.57 Å². The number of phosphoric acid groups is 3. The van der Waals surface area contributed by atoms with Crippen molar-refractivity contribution in [2.45, 2.75) is 70.4 Å². The van der Waals surface area contributed by atoms with Crippen molar-refractivity contribution in [2.24, 2.45) is 5.41 Å². The summed E-state index contributed by atoms with van der Waals surface area (Å²) in [5.74, 6) is -1.31. The van der Waals surface area contributed by atoms with Gasteiger partial charge < -0.3 is 56.0 Å². The number of aliphatic hydroxyl groups excluding tert-OH is 3. The SMILES string of the molecule is C=C(C)C(O)CC(=O)SCCNC(=O)CCNC(=O)[C@H](O)C(C)(C)COP(=O)(O)OP(=O)(O)OC[C@H]1O[C@@H](n2cnc3c(N)ncnc32)[C@H](O)[C@@H]1OP(=O)(O)O. The molecule has 1 saturated heterocycles. The average Bonchev–Trinajstić information content (AvgIpc) is 3.64. The van der Waals surface area contributed by atoms with Crippen LogP contribution in [-0.4, -0.2) is 134 Å². The number of aromatic nitrogens is 4. The molecule has 3 heterocycles. The number of nitrogen functional groups attached to an aromatic ring is 1. The molecule has 29 heteroatoms. The van der Waals surface area contributed by atoms with Gasteiger partial charge in [-0.1, -0.05) is 37.8 Å². The second-order valence-electron chi connectivity index (χ2n) is 12.9. The van der Waals surface area contributed by atoms with Crippen molar-refractivity contribution >= 4 is 69.1 Å². The Labute approximate surface area is 322 Å². The zero-order chi connectivity index (χ0) is 42.2. The molecule has 2 aromatic rings. The molecule has 0 aromatic carbocycles. The van der Waals surface area contributed by atoms with Gasteiger partial charge in [0.25, 0.3) is 0 Å². The zero-order valence-corrected chi connectivity index (χ0v) is 33.5. The molecule has 3 rings (SSSR count). The number of imidazole rings is 1. The maximum Gasteiger partial charge on any atom is 0.481 e. The van der Waals surface area contributed by atoms with Crippen molar-refractivity contribution in [1.82, 2.24) is 30.2 Å². The van der Waals surface area contributed by atoms with Crippen LogP contribution in [0.15, 0.2) is 24.8 Å². The molecule has 11 N–H and O–H groups in total. The highest BCUT2D eigenvalue weighted by molar-refractivity contribution is 8.13. The van der Waals surface area contributed by atoms with Gasteiger partial charge in [-0.3, -0.25) is 32.5 Å². The Morgan fingerprint density at radius 2 is 1.73 bits per heavy atom. The van der Waals surface area contributed by atoms with Gasteiger partial charge in [0.05, 0.1) is 25.6 Å². The predicted molar refractivity (Wildman–Crippen MR) is 193 cm³/mol. The molecule has 0 saturated carbocycles. The first kappa shape index (κ1) is 47.6. The lowest BCUT2D eigenvalue weighted by atomic mass is 9.87. The van der Waals surface area contributed by atoms with E-state index in [0.717, 1.165) is 29.0 Å². The lowest BCUT2D eigenvalue weighted by Gasteiger charge is -2.30. The highest BCUT2D eigenvalue weighted by atomic mass is 32.2. The first-order chi connectivity index (χ1) is 25.8. The van der Waals surface area contributed by atoms with Crippen LogP contribution in [0.2, 0.25) is 0 Å². The van der Waals surface area contributed by atoms with Gasteiger partial charge in [0, 0.05) is 37.1 Å². The molecule has 1 aliphatic rings. The molecule has 316 valence electrons. The molecule has 0 bridgehead atoms. The fourth-order valence-corrected chi connectivity index (χ4v) is 8.22. The van der Waals surface area contributed by atoms with E-state index >= 15 is 0 Å². The summed E-state index contributed by atoms with van der Waals surface area (Å²) in [7, 11) is -16.4. The first-order valence-electron chi connectivity index (χ1n) is 16.2. The third kappa shape index (κ3) is 14.3. The second-order valence-corrected chi connectivity index (χ2v) is 18.2. The van der Waals surface area contributed by atoms with Gasteiger partial charge in [-0.05, 0) is 6.92 Å². The van der Waals surface area contributed by atoms with E-state index in [4.69, 9.17) is 19.5 Å². The average molecular weight is 880 g/mol. The lowest BCUT2D eigenvalue weighted by molar-refractivity contribution is -0.137. The van der Waals surface area contributed by atoms with Gasteiger partial charge in [-0.15, -0.1) is 0 Å². The Balaban J connectivity index is 1.48. The molecule has 0 spiro atoms. The van der Waals surface area contributed by atoms with E-state index in [1.807, 2.05) is 0 Å². The van der Waals surface area contributed by atoms with Crippen LogP contribution in [0.5, 0.6) is 0 Å². The number of aliphatic hydroxyl groups is 3. The highest BCUT2D eigenvalue weighted by Gasteiger charge is 2.50. The summed E-state index contributed by atoms with van der Waals surface area (Å²) in [5, 5.41) is 35.6. The third-order valence-electron chi connectivity index (χ3n) is 7.69. The summed E-state index contributed by atoms with van der Waals surface area (Å²) in [6, 6.07) is 0. The van der Waals surface area contributed by atoms with Crippen molar-refractivity contribution in [3.63, 3.8) is 0 Å². The Morgan fingerprint density at radius 1 is 1.07 bits per heavy atom. The smallest absolute Gasteiger partial charge is 0.388 e. The van der Waals surface area contributed by atoms with E-state index < -0.39 is 90.7 Å². The van der Waals surface area contributed by atoms with Gasteiger partial charge in [-0.25, -0.2) is 28.6 Å². The quantitative estimate of drug-likeness (QED) is 0.0385. The molecule has 0 radical (unpaired) electrons. The molecule has 8 atom stereocenters. The van der Waals surface area contributed by atoms with Crippen molar-refractivity contribution < 1.29 is 85.6 Å². The van der Waals surface area contributed by atoms with Crippen molar-refractivity contribution in [3.8, 4) is 0 Å². The molecule has 1 fully saturated rings. The molecule has 2 amide bonds. The van der Waals surface area contributed by atoms with Crippen molar-refractivity contribution in [3.05, 3.63) is 24.8 Å². The monoisotopic (exact) mass is 879 g/mol. The minimum absolute atomic E-state index is 0.0242. The number of carbonyl (C=O) groups excluding carboxylic acids is 3. The van der Waals surface area contributed by atoms with Crippen LogP contribution in [0.3, 0.4) is 0 Å². The number of carbonyl (C=O) groups is 3. The van der Waals surface area contributed by atoms with Crippen LogP contribution in [0, 0.1) is 5.41 Å². The van der Waals surface area contributed by atoms with Crippen LogP contribution < -0.4 is 16.4 Å². The molecule has 25 nitrogen and oxygen atoms in total. The number of amides is 2. The number of thioether (sulfide) groups is 1. The number of nitrogens with two attached hydrogens (primary N) is 1. The van der Waals surface area contributed by atoms with Crippen molar-refractivity contribution in [2.75, 3.05) is 37.8 Å². The normalized spacial score (nSPS) is 22.2. The minimum atomic E-state index is -5.58. The standard InChI is InChI=1S/C27H44N7O18P3S/c1-14(2)15(35)9-18(37)56-8-7-29-17(36)5-6-30-25(40)22(39)27(3,4)11-49-55(46,47)52-54(44,45)48-10-16-21(51-53(41,42)43)20(38)26(50-16)34-13-33-19-23(28)31-12-32-24(19)34/h12-13,15-16,20-22,26,35,38-39H,1,5-11H2,2-4H3,(H,29,36)(H,30,40)(H,44,45)(H,46,47)(H2,28,31,32)(H2,41,42,43)/t15?,16-,20-,21-,22+,26-/m1/s1. The molecular weight excluding hydrogens is 835 g/mol. The van der Waals surface area contributed by atoms with Gasteiger partial charge in [0.1, 0.15) is 36.3 Å². The van der Waals surface area contributed by atoms with E-state index in [1.54, 1.807) is 6.92 Å². The summed E-state index contributed by atoms with van der Waals surface area (Å²) < 4.78 is 62.0. The maximum absolute atomic E-state index is 12.7. The van der Waals surface area contributed by atoms with Crippen LogP contribution in [-0.2, 0) is 50.7 Å². The number of anilines is 1. The summed E-state index contributed by atoms with van der Waals surface area (Å²) in [4.78, 5) is 87.3. The second kappa shape index (κ2) is 19.8. The largest absolute Gasteiger partial charge is 0.481 e. The number of fused-ring (bicyclic) bond motifs is 1. The van der Waals surface area contributed by atoms with Crippen molar-refractivity contribution in [1.29, 1.82) is 0 Å². The number of nitrogens with zero attached hydrogens (tertiary/aromatic N) is 4. The van der Waals surface area contributed by atoms with E-state index in [-0.39, 0.29) is 53.8 Å². The molecule has 3 unspecified atom stereocenters. The Bertz CT molecular complexity index is 1880. The van der Waals surface area contributed by atoms with Gasteiger partial charge in [0.15, 0.2) is 22.8 Å². The molecule has 0 aliphatic carbocycles. The molecular formula is C27H44N7O18P3S. The fraction of sp³-hybridized carbons (Fsp3) is 0.630. The number of hydrogen-bond donors (Lipinski definition) is 10. The predicted octanol–water partition coefficient (Wildman–Crippen LogP) is -1.01. The third-order valence-corrected chi connectivity index (χ3v) is 11.7. The van der Waals surface area contributed by atoms with Gasteiger partial charge in [0.2, 0.25) is 11.8 Å². The minimum Gasteiger partial charge on any atom is -0.388 e. The fourth-order valence-electron chi connectivity index (χ4n) is 4.69. The van der Waals surface area contributed by atoms with E-state index in [1.165, 1.54) is 13.8 Å². The van der Waals surface area contributed by atoms with E-state index in [9.17, 15) is 63.0 Å². The zero-order valence-electron chi connectivity index (χ0n) is 30.0. The van der Waals surface area contributed by atoms with Crippen LogP contribution in [0.1, 0.15) is 39.8 Å². The Hall–Kier alpha value is -2.74. The number of nitrogens with one attached hydrogen (secondary N) is 2. The number of phosphoric ester groups is 3. The first-order valence-corrected chi connectivity index (χ1v) is 21.7. The Kier molecular flexibility index (Phi) is 16.8. The van der Waals surface area contributed by atoms with E-state index in [2.05, 4.69) is 41.0 Å². The summed E-state index contributed by atoms with van der Waals surface area (Å²) in [6.45, 7) is 5.46. The van der Waals surface area contributed by atoms with Gasteiger partial charge in [-0.2, -0.15) is 4.31 Å². The Morgan fingerprint density at radius 3 is 2.38 bits per heavy atom. The van der Waals surface area contributed by atoms with Crippen LogP contribution >= 0.6 is 35.2 Å². The number of hydrogen-bond acceptors (Lipinski definition) is 19. The molecule has 56 heavy (non-hydrogen) atoms. The maximum atomic E-state index is 12.7. The topological polar surface area (TPSA) is 384 Å². The number of rotatable bonds is 22. The van der Waals surface area contributed by atoms with Crippen LogP contribution in [0.25, 0.3) is 11.2 Å². The molecule has 1 aliphatic heterocycles. The van der Waals surface area contributed by atoms with Crippen LogP contribution in [0.4, 0.5) is 5.82 Å². The van der Waals surface area contributed by atoms with Gasteiger partial charge >= 0.3 is 23.5 Å². The highest BCUT2D eigenvalue weighted by Crippen LogP contribution is 2.61. The summed E-state index contributed by atoms with van der Waals surface area (Å²) in [6.07, 6.45) is -8.09. The molecule has 2 aromatic heterocycles. The summed E-state index contributed by atoms with van der Waals surface area (Å²) in [5.41, 5.74) is 4.67. The number of ether oxygens (including phenoxy) is 1. The summed E-state index contributed by atoms with van der Waals surface area (Å²) >= 11 is 0.915.